The Hall–Kier alpha value is -1.84. The molecule has 1 aromatic carbocycles. The number of rotatable bonds is 10. The Morgan fingerprint density at radius 3 is 2.28 bits per heavy atom. The minimum absolute atomic E-state index is 0.0363. The first kappa shape index (κ1) is 21.2. The molecule has 0 aliphatic heterocycles. The van der Waals surface area contributed by atoms with Crippen LogP contribution in [0.25, 0.3) is 0 Å². The van der Waals surface area contributed by atoms with Gasteiger partial charge < -0.3 is 10.6 Å². The summed E-state index contributed by atoms with van der Waals surface area (Å²) in [4.78, 5) is 24.1. The van der Waals surface area contributed by atoms with E-state index in [1.807, 2.05) is 37.3 Å². The largest absolute Gasteiger partial charge is 0.352 e. The summed E-state index contributed by atoms with van der Waals surface area (Å²) in [6, 6.07) is 10.1. The summed E-state index contributed by atoms with van der Waals surface area (Å²) in [6.07, 6.45) is 3.35. The van der Waals surface area contributed by atoms with E-state index in [-0.39, 0.29) is 29.8 Å². The molecule has 0 heterocycles. The monoisotopic (exact) mass is 346 g/mol. The highest BCUT2D eigenvalue weighted by molar-refractivity contribution is 5.85. The maximum absolute atomic E-state index is 12.1. The highest BCUT2D eigenvalue weighted by atomic mass is 16.2. The van der Waals surface area contributed by atoms with Crippen molar-refractivity contribution in [1.82, 2.24) is 10.6 Å². The van der Waals surface area contributed by atoms with Crippen LogP contribution in [-0.4, -0.2) is 24.4 Å². The maximum Gasteiger partial charge on any atom is 0.239 e. The molecule has 1 aromatic rings. The highest BCUT2D eigenvalue weighted by Crippen LogP contribution is 2.28. The number of nitrogens with one attached hydrogen (secondary N) is 2. The Labute approximate surface area is 152 Å². The van der Waals surface area contributed by atoms with Crippen LogP contribution in [0.5, 0.6) is 0 Å². The van der Waals surface area contributed by atoms with E-state index in [9.17, 15) is 9.59 Å². The Bertz CT molecular complexity index is 538. The van der Waals surface area contributed by atoms with E-state index in [1.165, 1.54) is 5.56 Å². The molecule has 140 valence electrons. The second-order valence-electron chi connectivity index (χ2n) is 8.21. The Morgan fingerprint density at radius 1 is 1.04 bits per heavy atom. The topological polar surface area (TPSA) is 58.2 Å². The Morgan fingerprint density at radius 2 is 1.68 bits per heavy atom. The van der Waals surface area contributed by atoms with Crippen molar-refractivity contribution >= 4 is 11.8 Å². The van der Waals surface area contributed by atoms with Gasteiger partial charge in [0.1, 0.15) is 0 Å². The lowest BCUT2D eigenvalue weighted by atomic mass is 9.82. The van der Waals surface area contributed by atoms with E-state index < -0.39 is 0 Å². The Balaban J connectivity index is 2.29. The minimum atomic E-state index is -0.142. The molecule has 0 bridgehead atoms. The van der Waals surface area contributed by atoms with Crippen molar-refractivity contribution in [2.45, 2.75) is 66.3 Å². The number of benzene rings is 1. The average molecular weight is 347 g/mol. The third-order valence-electron chi connectivity index (χ3n) is 4.28. The molecule has 1 atom stereocenters. The van der Waals surface area contributed by atoms with E-state index in [0.29, 0.717) is 12.3 Å². The van der Waals surface area contributed by atoms with Crippen LogP contribution in [0.3, 0.4) is 0 Å². The Kier molecular flexibility index (Phi) is 8.67. The molecule has 0 fully saturated rings. The molecule has 0 radical (unpaired) electrons. The van der Waals surface area contributed by atoms with Crippen molar-refractivity contribution < 1.29 is 9.59 Å². The summed E-state index contributed by atoms with van der Waals surface area (Å²) in [5.74, 6) is 0.440. The lowest BCUT2D eigenvalue weighted by Crippen LogP contribution is -2.42. The van der Waals surface area contributed by atoms with Gasteiger partial charge in [-0.05, 0) is 36.7 Å². The van der Waals surface area contributed by atoms with Crippen LogP contribution < -0.4 is 10.6 Å². The van der Waals surface area contributed by atoms with Gasteiger partial charge in [0.25, 0.3) is 0 Å². The molecular formula is C21H34N2O2. The van der Waals surface area contributed by atoms with Crippen molar-refractivity contribution in [2.24, 2.45) is 11.3 Å². The first-order chi connectivity index (χ1) is 11.7. The SMILES string of the molecule is CC(C)CCC(C)(C)CC(=O)NCC(=O)NC(C)Cc1ccccc1. The van der Waals surface area contributed by atoms with Gasteiger partial charge in [0.05, 0.1) is 6.54 Å². The van der Waals surface area contributed by atoms with E-state index in [4.69, 9.17) is 0 Å². The van der Waals surface area contributed by atoms with Gasteiger partial charge >= 0.3 is 0 Å². The molecule has 0 saturated carbocycles. The second kappa shape index (κ2) is 10.2. The summed E-state index contributed by atoms with van der Waals surface area (Å²) in [7, 11) is 0. The van der Waals surface area contributed by atoms with Gasteiger partial charge in [-0.15, -0.1) is 0 Å². The normalized spacial score (nSPS) is 12.7. The first-order valence-electron chi connectivity index (χ1n) is 9.28. The first-order valence-corrected chi connectivity index (χ1v) is 9.28. The molecular weight excluding hydrogens is 312 g/mol. The predicted octanol–water partition coefficient (Wildman–Crippen LogP) is 3.70. The van der Waals surface area contributed by atoms with Gasteiger partial charge in [-0.25, -0.2) is 0 Å². The molecule has 4 nitrogen and oxygen atoms in total. The van der Waals surface area contributed by atoms with E-state index in [2.05, 4.69) is 38.3 Å². The summed E-state index contributed by atoms with van der Waals surface area (Å²) >= 11 is 0. The third kappa shape index (κ3) is 9.90. The molecule has 0 aromatic heterocycles. The fourth-order valence-electron chi connectivity index (χ4n) is 2.79. The van der Waals surface area contributed by atoms with Crippen LogP contribution in [-0.2, 0) is 16.0 Å². The number of hydrogen-bond donors (Lipinski definition) is 2. The number of carbonyl (C=O) groups is 2. The lowest BCUT2D eigenvalue weighted by molar-refractivity contribution is -0.127. The lowest BCUT2D eigenvalue weighted by Gasteiger charge is -2.25. The molecule has 0 saturated heterocycles. The summed E-state index contributed by atoms with van der Waals surface area (Å²) in [6.45, 7) is 10.6. The van der Waals surface area contributed by atoms with Gasteiger partial charge in [0, 0.05) is 12.5 Å². The van der Waals surface area contributed by atoms with Gasteiger partial charge in [-0.1, -0.05) is 64.4 Å². The molecule has 2 N–H and O–H groups in total. The minimum Gasteiger partial charge on any atom is -0.352 e. The van der Waals surface area contributed by atoms with Crippen LogP contribution in [0.15, 0.2) is 30.3 Å². The molecule has 4 heteroatoms. The van der Waals surface area contributed by atoms with Crippen LogP contribution in [0.1, 0.15) is 59.4 Å². The highest BCUT2D eigenvalue weighted by Gasteiger charge is 2.22. The molecule has 0 aliphatic carbocycles. The van der Waals surface area contributed by atoms with Crippen molar-refractivity contribution in [3.63, 3.8) is 0 Å². The molecule has 0 aliphatic rings. The number of carbonyl (C=O) groups excluding carboxylic acids is 2. The summed E-state index contributed by atoms with van der Waals surface area (Å²) in [5, 5.41) is 5.68. The van der Waals surface area contributed by atoms with Gasteiger partial charge in [-0.2, -0.15) is 0 Å². The van der Waals surface area contributed by atoms with Gasteiger partial charge in [-0.3, -0.25) is 9.59 Å². The quantitative estimate of drug-likeness (QED) is 0.678. The zero-order chi connectivity index (χ0) is 18.9. The standard InChI is InChI=1S/C21H34N2O2/c1-16(2)11-12-21(4,5)14-19(24)22-15-20(25)23-17(3)13-18-9-7-6-8-10-18/h6-10,16-17H,11-15H2,1-5H3,(H,22,24)(H,23,25). The van der Waals surface area contributed by atoms with Crippen LogP contribution in [0.4, 0.5) is 0 Å². The van der Waals surface area contributed by atoms with E-state index in [1.54, 1.807) is 0 Å². The van der Waals surface area contributed by atoms with Crippen molar-refractivity contribution in [3.8, 4) is 0 Å². The molecule has 1 rings (SSSR count). The molecule has 25 heavy (non-hydrogen) atoms. The average Bonchev–Trinajstić information content (AvgIpc) is 2.51. The zero-order valence-electron chi connectivity index (χ0n) is 16.4. The van der Waals surface area contributed by atoms with E-state index in [0.717, 1.165) is 19.3 Å². The molecule has 1 unspecified atom stereocenters. The smallest absolute Gasteiger partial charge is 0.239 e. The second-order valence-corrected chi connectivity index (χ2v) is 8.21. The fourth-order valence-corrected chi connectivity index (χ4v) is 2.79. The van der Waals surface area contributed by atoms with Crippen LogP contribution in [0, 0.1) is 11.3 Å². The fraction of sp³-hybridized carbons (Fsp3) is 0.619. The predicted molar refractivity (Wildman–Crippen MR) is 103 cm³/mol. The maximum atomic E-state index is 12.1. The number of amides is 2. The summed E-state index contributed by atoms with van der Waals surface area (Å²) < 4.78 is 0. The van der Waals surface area contributed by atoms with Crippen molar-refractivity contribution in [2.75, 3.05) is 6.54 Å². The van der Waals surface area contributed by atoms with Crippen molar-refractivity contribution in [3.05, 3.63) is 35.9 Å². The molecule has 0 spiro atoms. The van der Waals surface area contributed by atoms with E-state index >= 15 is 0 Å². The third-order valence-corrected chi connectivity index (χ3v) is 4.28. The summed E-state index contributed by atoms with van der Waals surface area (Å²) in [5.41, 5.74) is 1.15. The zero-order valence-corrected chi connectivity index (χ0v) is 16.4. The van der Waals surface area contributed by atoms with Crippen LogP contribution >= 0.6 is 0 Å². The van der Waals surface area contributed by atoms with Crippen molar-refractivity contribution in [1.29, 1.82) is 0 Å². The number of hydrogen-bond acceptors (Lipinski definition) is 2. The molecule has 2 amide bonds. The van der Waals surface area contributed by atoms with Gasteiger partial charge in [0.15, 0.2) is 0 Å². The van der Waals surface area contributed by atoms with Gasteiger partial charge in [0.2, 0.25) is 11.8 Å². The van der Waals surface area contributed by atoms with Crippen LogP contribution in [0.2, 0.25) is 0 Å².